The topological polar surface area (TPSA) is 46.9 Å². The van der Waals surface area contributed by atoms with Crippen LogP contribution in [0.25, 0.3) is 0 Å². The minimum Gasteiger partial charge on any atom is -0.344 e. The number of nitrogens with zero attached hydrogens (tertiary/aromatic N) is 2. The lowest BCUT2D eigenvalue weighted by atomic mass is 9.95. The number of aromatic nitrogens is 2. The highest BCUT2D eigenvalue weighted by molar-refractivity contribution is 9.09. The number of rotatable bonds is 5. The van der Waals surface area contributed by atoms with Crippen molar-refractivity contribution in [1.82, 2.24) is 15.1 Å². The number of hydrogen-bond donors (Lipinski definition) is 1. The van der Waals surface area contributed by atoms with Crippen molar-refractivity contribution < 1.29 is 4.79 Å². The van der Waals surface area contributed by atoms with Crippen molar-refractivity contribution in [3.63, 3.8) is 0 Å². The first-order valence-electron chi connectivity index (χ1n) is 5.87. The molecule has 0 aliphatic carbocycles. The maximum atomic E-state index is 12.2. The van der Waals surface area contributed by atoms with Crippen LogP contribution in [-0.4, -0.2) is 26.6 Å². The molecule has 0 atom stereocenters. The molecule has 0 bridgehead atoms. The summed E-state index contributed by atoms with van der Waals surface area (Å²) in [6.07, 6.45) is 1.80. The van der Waals surface area contributed by atoms with Crippen LogP contribution in [0.1, 0.15) is 42.9 Å². The van der Waals surface area contributed by atoms with Gasteiger partial charge < -0.3 is 5.32 Å². The summed E-state index contributed by atoms with van der Waals surface area (Å²) in [6, 6.07) is 1.81. The molecule has 96 valence electrons. The van der Waals surface area contributed by atoms with Crippen LogP contribution in [0.5, 0.6) is 0 Å². The van der Waals surface area contributed by atoms with Crippen LogP contribution in [0.3, 0.4) is 0 Å². The molecule has 1 aromatic rings. The van der Waals surface area contributed by atoms with E-state index in [1.807, 2.05) is 6.92 Å². The van der Waals surface area contributed by atoms with E-state index in [1.165, 1.54) is 0 Å². The molecule has 0 aliphatic heterocycles. The molecular formula is C12H20BrN3O. The maximum Gasteiger partial charge on any atom is 0.270 e. The lowest BCUT2D eigenvalue weighted by Gasteiger charge is -2.30. The Balaban J connectivity index is 2.88. The number of alkyl halides is 1. The summed E-state index contributed by atoms with van der Waals surface area (Å²) in [7, 11) is 1.79. The maximum absolute atomic E-state index is 12.2. The Morgan fingerprint density at radius 2 is 2.12 bits per heavy atom. The van der Waals surface area contributed by atoms with Crippen LogP contribution in [0.4, 0.5) is 0 Å². The van der Waals surface area contributed by atoms with Gasteiger partial charge in [-0.1, -0.05) is 29.8 Å². The van der Waals surface area contributed by atoms with Crippen LogP contribution < -0.4 is 5.32 Å². The van der Waals surface area contributed by atoms with Gasteiger partial charge in [-0.05, 0) is 25.8 Å². The molecule has 17 heavy (non-hydrogen) atoms. The Hall–Kier alpha value is -0.840. The lowest BCUT2D eigenvalue weighted by molar-refractivity contribution is 0.0894. The fraction of sp³-hybridized carbons (Fsp3) is 0.667. The highest BCUT2D eigenvalue weighted by Gasteiger charge is 2.28. The van der Waals surface area contributed by atoms with Crippen molar-refractivity contribution in [2.45, 2.75) is 39.2 Å². The number of carbonyl (C=O) groups excluding carboxylic acids is 1. The van der Waals surface area contributed by atoms with Crippen molar-refractivity contribution in [2.24, 2.45) is 7.05 Å². The molecule has 0 aliphatic rings. The van der Waals surface area contributed by atoms with Crippen LogP contribution in [0, 0.1) is 6.92 Å². The monoisotopic (exact) mass is 301 g/mol. The molecule has 0 aromatic carbocycles. The van der Waals surface area contributed by atoms with Gasteiger partial charge >= 0.3 is 0 Å². The summed E-state index contributed by atoms with van der Waals surface area (Å²) in [5.41, 5.74) is 1.29. The molecule has 1 heterocycles. The molecule has 1 N–H and O–H groups in total. The zero-order chi connectivity index (χ0) is 13.1. The summed E-state index contributed by atoms with van der Waals surface area (Å²) in [5.74, 6) is -0.0590. The Morgan fingerprint density at radius 3 is 2.47 bits per heavy atom. The van der Waals surface area contributed by atoms with Gasteiger partial charge in [0.2, 0.25) is 0 Å². The molecule has 0 saturated carbocycles. The van der Waals surface area contributed by atoms with Gasteiger partial charge in [0.25, 0.3) is 5.91 Å². The standard InChI is InChI=1S/C12H20BrN3O/c1-5-12(6-2,8-13)14-11(17)10-7-9(3)15-16(10)4/h7H,5-6,8H2,1-4H3,(H,14,17). The normalized spacial score (nSPS) is 11.6. The number of amides is 1. The van der Waals surface area contributed by atoms with E-state index < -0.39 is 0 Å². The van der Waals surface area contributed by atoms with Gasteiger partial charge in [0.15, 0.2) is 0 Å². The molecule has 0 saturated heterocycles. The number of nitrogens with one attached hydrogen (secondary N) is 1. The van der Waals surface area contributed by atoms with Gasteiger partial charge in [0, 0.05) is 17.9 Å². The Morgan fingerprint density at radius 1 is 1.53 bits per heavy atom. The number of carbonyl (C=O) groups is 1. The first-order chi connectivity index (χ1) is 7.98. The molecule has 0 radical (unpaired) electrons. The predicted octanol–water partition coefficient (Wildman–Crippen LogP) is 2.41. The molecule has 1 rings (SSSR count). The van der Waals surface area contributed by atoms with Crippen molar-refractivity contribution in [1.29, 1.82) is 0 Å². The predicted molar refractivity (Wildman–Crippen MR) is 72.5 cm³/mol. The van der Waals surface area contributed by atoms with Crippen molar-refractivity contribution in [3.8, 4) is 0 Å². The number of aryl methyl sites for hydroxylation is 2. The SMILES string of the molecule is CCC(CC)(CBr)NC(=O)c1cc(C)nn1C. The molecule has 0 unspecified atom stereocenters. The minimum atomic E-state index is -0.171. The van der Waals surface area contributed by atoms with E-state index in [4.69, 9.17) is 0 Å². The summed E-state index contributed by atoms with van der Waals surface area (Å²) < 4.78 is 1.62. The van der Waals surface area contributed by atoms with E-state index >= 15 is 0 Å². The molecule has 1 aromatic heterocycles. The fourth-order valence-corrected chi connectivity index (χ4v) is 2.71. The smallest absolute Gasteiger partial charge is 0.270 e. The third-order valence-electron chi connectivity index (χ3n) is 3.22. The van der Waals surface area contributed by atoms with E-state index in [0.717, 1.165) is 23.9 Å². The third kappa shape index (κ3) is 3.09. The van der Waals surface area contributed by atoms with Gasteiger partial charge in [-0.2, -0.15) is 5.10 Å². The van der Waals surface area contributed by atoms with E-state index in [-0.39, 0.29) is 11.4 Å². The minimum absolute atomic E-state index is 0.0590. The number of hydrogen-bond acceptors (Lipinski definition) is 2. The van der Waals surface area contributed by atoms with Crippen LogP contribution >= 0.6 is 15.9 Å². The Bertz CT molecular complexity index is 388. The highest BCUT2D eigenvalue weighted by Crippen LogP contribution is 2.18. The quantitative estimate of drug-likeness (QED) is 0.849. The zero-order valence-corrected chi connectivity index (χ0v) is 12.5. The van der Waals surface area contributed by atoms with Crippen molar-refractivity contribution in [2.75, 3.05) is 5.33 Å². The Labute approximate surface area is 111 Å². The second-order valence-corrected chi connectivity index (χ2v) is 4.93. The summed E-state index contributed by atoms with van der Waals surface area (Å²) in [5, 5.41) is 8.05. The average Bonchev–Trinajstić information content (AvgIpc) is 2.65. The van der Waals surface area contributed by atoms with E-state index in [1.54, 1.807) is 17.8 Å². The van der Waals surface area contributed by atoms with Gasteiger partial charge in [-0.15, -0.1) is 0 Å². The van der Waals surface area contributed by atoms with Gasteiger partial charge in [0.1, 0.15) is 5.69 Å². The lowest BCUT2D eigenvalue weighted by Crippen LogP contribution is -2.49. The second kappa shape index (κ2) is 5.67. The largest absolute Gasteiger partial charge is 0.344 e. The summed E-state index contributed by atoms with van der Waals surface area (Å²) >= 11 is 3.48. The first kappa shape index (κ1) is 14.2. The van der Waals surface area contributed by atoms with E-state index in [9.17, 15) is 4.79 Å². The molecule has 0 fully saturated rings. The van der Waals surface area contributed by atoms with E-state index in [0.29, 0.717) is 5.69 Å². The molecule has 0 spiro atoms. The molecule has 4 nitrogen and oxygen atoms in total. The van der Waals surface area contributed by atoms with Crippen molar-refractivity contribution in [3.05, 3.63) is 17.5 Å². The van der Waals surface area contributed by atoms with Crippen LogP contribution in [-0.2, 0) is 7.05 Å². The second-order valence-electron chi connectivity index (χ2n) is 4.37. The summed E-state index contributed by atoms with van der Waals surface area (Å²) in [4.78, 5) is 12.2. The first-order valence-corrected chi connectivity index (χ1v) is 6.99. The molecular weight excluding hydrogens is 282 g/mol. The third-order valence-corrected chi connectivity index (χ3v) is 4.30. The summed E-state index contributed by atoms with van der Waals surface area (Å²) in [6.45, 7) is 6.05. The molecule has 1 amide bonds. The Kier molecular flexibility index (Phi) is 4.74. The average molecular weight is 302 g/mol. The fourth-order valence-electron chi connectivity index (χ4n) is 1.78. The van der Waals surface area contributed by atoms with Crippen LogP contribution in [0.2, 0.25) is 0 Å². The van der Waals surface area contributed by atoms with Gasteiger partial charge in [-0.25, -0.2) is 0 Å². The highest BCUT2D eigenvalue weighted by atomic mass is 79.9. The zero-order valence-electron chi connectivity index (χ0n) is 10.9. The molecule has 5 heteroatoms. The number of halogens is 1. The van der Waals surface area contributed by atoms with Crippen LogP contribution in [0.15, 0.2) is 6.07 Å². The van der Waals surface area contributed by atoms with Gasteiger partial charge in [-0.3, -0.25) is 9.48 Å². The van der Waals surface area contributed by atoms with Crippen molar-refractivity contribution >= 4 is 21.8 Å². The van der Waals surface area contributed by atoms with Gasteiger partial charge in [0.05, 0.1) is 5.69 Å². The van der Waals surface area contributed by atoms with E-state index in [2.05, 4.69) is 40.2 Å².